The monoisotopic (exact) mass is 189 g/mol. The van der Waals surface area contributed by atoms with Gasteiger partial charge in [0.1, 0.15) is 0 Å². The fourth-order valence-corrected chi connectivity index (χ4v) is 2.54. The third-order valence-corrected chi connectivity index (χ3v) is 3.69. The van der Waals surface area contributed by atoms with E-state index in [2.05, 4.69) is 12.2 Å². The SMILES string of the molecule is CCCSCC1(O)CCNCC1. The van der Waals surface area contributed by atoms with Crippen LogP contribution in [0.25, 0.3) is 0 Å². The first-order valence-corrected chi connectivity index (χ1v) is 5.93. The minimum atomic E-state index is -0.370. The molecule has 0 bridgehead atoms. The zero-order valence-electron chi connectivity index (χ0n) is 7.81. The zero-order valence-corrected chi connectivity index (χ0v) is 8.62. The first kappa shape index (κ1) is 10.4. The predicted octanol–water partition coefficient (Wildman–Crippen LogP) is 1.24. The Morgan fingerprint density at radius 1 is 1.42 bits per heavy atom. The lowest BCUT2D eigenvalue weighted by molar-refractivity contribution is 0.0339. The molecule has 0 atom stereocenters. The molecule has 2 N–H and O–H groups in total. The molecule has 1 heterocycles. The van der Waals surface area contributed by atoms with Gasteiger partial charge in [-0.1, -0.05) is 6.92 Å². The highest BCUT2D eigenvalue weighted by Crippen LogP contribution is 2.23. The van der Waals surface area contributed by atoms with Crippen LogP contribution < -0.4 is 5.32 Å². The van der Waals surface area contributed by atoms with Crippen LogP contribution >= 0.6 is 11.8 Å². The molecule has 1 fully saturated rings. The lowest BCUT2D eigenvalue weighted by Gasteiger charge is -2.32. The van der Waals surface area contributed by atoms with Crippen molar-refractivity contribution < 1.29 is 5.11 Å². The van der Waals surface area contributed by atoms with Gasteiger partial charge in [-0.2, -0.15) is 11.8 Å². The lowest BCUT2D eigenvalue weighted by Crippen LogP contribution is -2.43. The van der Waals surface area contributed by atoms with Crippen molar-refractivity contribution in [2.45, 2.75) is 31.8 Å². The summed E-state index contributed by atoms with van der Waals surface area (Å²) in [6.45, 7) is 4.13. The van der Waals surface area contributed by atoms with Gasteiger partial charge in [-0.05, 0) is 38.1 Å². The number of hydrogen-bond donors (Lipinski definition) is 2. The zero-order chi connectivity index (χ0) is 8.86. The third-order valence-electron chi connectivity index (χ3n) is 2.25. The van der Waals surface area contributed by atoms with E-state index < -0.39 is 0 Å². The van der Waals surface area contributed by atoms with Gasteiger partial charge < -0.3 is 10.4 Å². The summed E-state index contributed by atoms with van der Waals surface area (Å²) in [4.78, 5) is 0. The molecule has 0 unspecified atom stereocenters. The summed E-state index contributed by atoms with van der Waals surface area (Å²) in [6, 6.07) is 0. The summed E-state index contributed by atoms with van der Waals surface area (Å²) in [5.41, 5.74) is -0.370. The molecule has 0 aromatic carbocycles. The summed E-state index contributed by atoms with van der Waals surface area (Å²) < 4.78 is 0. The minimum Gasteiger partial charge on any atom is -0.389 e. The Bertz CT molecular complexity index is 124. The van der Waals surface area contributed by atoms with E-state index in [-0.39, 0.29) is 5.60 Å². The normalized spacial score (nSPS) is 22.5. The molecule has 1 saturated heterocycles. The van der Waals surface area contributed by atoms with Crippen molar-refractivity contribution in [1.82, 2.24) is 5.32 Å². The van der Waals surface area contributed by atoms with Crippen molar-refractivity contribution >= 4 is 11.8 Å². The van der Waals surface area contributed by atoms with Crippen LogP contribution in [0.15, 0.2) is 0 Å². The molecule has 1 aliphatic heterocycles. The fourth-order valence-electron chi connectivity index (χ4n) is 1.44. The Morgan fingerprint density at radius 2 is 2.08 bits per heavy atom. The minimum absolute atomic E-state index is 0.370. The van der Waals surface area contributed by atoms with Crippen LogP contribution in [0.5, 0.6) is 0 Å². The molecule has 0 spiro atoms. The summed E-state index contributed by atoms with van der Waals surface area (Å²) >= 11 is 1.88. The molecular weight excluding hydrogens is 170 g/mol. The van der Waals surface area contributed by atoms with E-state index in [1.165, 1.54) is 12.2 Å². The second-order valence-electron chi connectivity index (χ2n) is 3.53. The van der Waals surface area contributed by atoms with E-state index in [1.807, 2.05) is 11.8 Å². The maximum atomic E-state index is 10.0. The number of hydrogen-bond acceptors (Lipinski definition) is 3. The van der Waals surface area contributed by atoms with Gasteiger partial charge in [0.25, 0.3) is 0 Å². The van der Waals surface area contributed by atoms with E-state index in [9.17, 15) is 5.11 Å². The summed E-state index contributed by atoms with van der Waals surface area (Å²) in [6.07, 6.45) is 3.05. The largest absolute Gasteiger partial charge is 0.389 e. The van der Waals surface area contributed by atoms with Gasteiger partial charge in [-0.3, -0.25) is 0 Å². The molecule has 0 aromatic rings. The van der Waals surface area contributed by atoms with Gasteiger partial charge in [-0.15, -0.1) is 0 Å². The summed E-state index contributed by atoms with van der Waals surface area (Å²) in [5.74, 6) is 2.10. The van der Waals surface area contributed by atoms with Gasteiger partial charge in [0.15, 0.2) is 0 Å². The van der Waals surface area contributed by atoms with Crippen molar-refractivity contribution in [2.75, 3.05) is 24.6 Å². The van der Waals surface area contributed by atoms with E-state index in [0.717, 1.165) is 31.7 Å². The van der Waals surface area contributed by atoms with Crippen LogP contribution in [0.4, 0.5) is 0 Å². The highest BCUT2D eigenvalue weighted by atomic mass is 32.2. The Hall–Kier alpha value is 0.270. The number of nitrogens with one attached hydrogen (secondary N) is 1. The molecule has 0 radical (unpaired) electrons. The van der Waals surface area contributed by atoms with E-state index in [0.29, 0.717) is 0 Å². The molecule has 1 rings (SSSR count). The second-order valence-corrected chi connectivity index (χ2v) is 4.63. The topological polar surface area (TPSA) is 32.3 Å². The predicted molar refractivity (Wildman–Crippen MR) is 54.7 cm³/mol. The Balaban J connectivity index is 2.17. The van der Waals surface area contributed by atoms with Gasteiger partial charge >= 0.3 is 0 Å². The van der Waals surface area contributed by atoms with Crippen molar-refractivity contribution in [3.05, 3.63) is 0 Å². The number of rotatable bonds is 4. The van der Waals surface area contributed by atoms with Crippen LogP contribution in [0.1, 0.15) is 26.2 Å². The standard InChI is InChI=1S/C9H19NOS/c1-2-7-12-8-9(11)3-5-10-6-4-9/h10-11H,2-8H2,1H3. The molecule has 12 heavy (non-hydrogen) atoms. The van der Waals surface area contributed by atoms with E-state index >= 15 is 0 Å². The number of aliphatic hydroxyl groups is 1. The second kappa shape index (κ2) is 5.10. The van der Waals surface area contributed by atoms with Crippen LogP contribution in [0, 0.1) is 0 Å². The first-order chi connectivity index (χ1) is 5.77. The molecule has 0 aromatic heterocycles. The number of thioether (sulfide) groups is 1. The average molecular weight is 189 g/mol. The Morgan fingerprint density at radius 3 is 2.67 bits per heavy atom. The highest BCUT2D eigenvalue weighted by Gasteiger charge is 2.28. The molecule has 3 heteroatoms. The van der Waals surface area contributed by atoms with E-state index in [1.54, 1.807) is 0 Å². The average Bonchev–Trinajstić information content (AvgIpc) is 2.06. The van der Waals surface area contributed by atoms with Crippen LogP contribution in [0.2, 0.25) is 0 Å². The fraction of sp³-hybridized carbons (Fsp3) is 1.00. The molecule has 1 aliphatic rings. The quantitative estimate of drug-likeness (QED) is 0.653. The summed E-state index contributed by atoms with van der Waals surface area (Å²) in [5, 5.41) is 13.3. The van der Waals surface area contributed by atoms with Crippen LogP contribution in [-0.2, 0) is 0 Å². The molecule has 72 valence electrons. The van der Waals surface area contributed by atoms with Crippen molar-refractivity contribution in [3.8, 4) is 0 Å². The lowest BCUT2D eigenvalue weighted by atomic mass is 9.95. The van der Waals surface area contributed by atoms with Crippen molar-refractivity contribution in [1.29, 1.82) is 0 Å². The maximum absolute atomic E-state index is 10.0. The van der Waals surface area contributed by atoms with Gasteiger partial charge in [0.2, 0.25) is 0 Å². The third kappa shape index (κ3) is 3.33. The smallest absolute Gasteiger partial charge is 0.0761 e. The summed E-state index contributed by atoms with van der Waals surface area (Å²) in [7, 11) is 0. The molecule has 0 aliphatic carbocycles. The first-order valence-electron chi connectivity index (χ1n) is 4.78. The van der Waals surface area contributed by atoms with E-state index in [4.69, 9.17) is 0 Å². The van der Waals surface area contributed by atoms with Crippen molar-refractivity contribution in [3.63, 3.8) is 0 Å². The molecule has 0 saturated carbocycles. The Labute approximate surface area is 79.1 Å². The van der Waals surface area contributed by atoms with Crippen LogP contribution in [-0.4, -0.2) is 35.3 Å². The molecule has 2 nitrogen and oxygen atoms in total. The Kier molecular flexibility index (Phi) is 4.40. The van der Waals surface area contributed by atoms with Gasteiger partial charge in [-0.25, -0.2) is 0 Å². The molecular formula is C9H19NOS. The van der Waals surface area contributed by atoms with Gasteiger partial charge in [0.05, 0.1) is 5.60 Å². The maximum Gasteiger partial charge on any atom is 0.0761 e. The highest BCUT2D eigenvalue weighted by molar-refractivity contribution is 7.99. The van der Waals surface area contributed by atoms with Gasteiger partial charge in [0, 0.05) is 5.75 Å². The number of piperidine rings is 1. The van der Waals surface area contributed by atoms with Crippen molar-refractivity contribution in [2.24, 2.45) is 0 Å². The van der Waals surface area contributed by atoms with Crippen LogP contribution in [0.3, 0.4) is 0 Å². The molecule has 0 amide bonds.